The second-order valence-corrected chi connectivity index (χ2v) is 6.08. The van der Waals surface area contributed by atoms with Crippen molar-refractivity contribution in [3.05, 3.63) is 34.3 Å². The number of aryl methyl sites for hydroxylation is 1. The van der Waals surface area contributed by atoms with Crippen LogP contribution >= 0.6 is 11.6 Å². The molecular formula is C17H18ClN3. The Bertz CT molecular complexity index is 712. The highest BCUT2D eigenvalue weighted by Gasteiger charge is 2.17. The van der Waals surface area contributed by atoms with E-state index in [0.29, 0.717) is 6.42 Å². The third-order valence-corrected chi connectivity index (χ3v) is 4.27. The molecule has 0 radical (unpaired) electrons. The number of halogens is 1. The van der Waals surface area contributed by atoms with Crippen LogP contribution in [0.15, 0.2) is 18.2 Å². The largest absolute Gasteiger partial charge is 0.356 e. The van der Waals surface area contributed by atoms with E-state index in [1.165, 1.54) is 19.3 Å². The molecule has 1 aromatic carbocycles. The molecule has 0 atom stereocenters. The van der Waals surface area contributed by atoms with Crippen molar-refractivity contribution in [3.8, 4) is 6.07 Å². The fourth-order valence-electron chi connectivity index (χ4n) is 3.05. The first kappa shape index (κ1) is 14.2. The quantitative estimate of drug-likeness (QED) is 0.832. The summed E-state index contributed by atoms with van der Waals surface area (Å²) in [6, 6.07) is 8.21. The van der Waals surface area contributed by atoms with E-state index in [-0.39, 0.29) is 0 Å². The molecule has 21 heavy (non-hydrogen) atoms. The maximum atomic E-state index is 9.10. The van der Waals surface area contributed by atoms with E-state index in [1.807, 2.05) is 19.1 Å². The number of piperidine rings is 1. The molecular weight excluding hydrogens is 282 g/mol. The number of nitrogens with zero attached hydrogens (tertiary/aromatic N) is 3. The Kier molecular flexibility index (Phi) is 3.98. The zero-order valence-electron chi connectivity index (χ0n) is 12.2. The molecule has 0 N–H and O–H groups in total. The molecule has 1 aliphatic rings. The summed E-state index contributed by atoms with van der Waals surface area (Å²) >= 11 is 6.14. The minimum absolute atomic E-state index is 0.389. The SMILES string of the molecule is Cc1cc(Cl)cc2cc(CC#N)c(N3CCCCC3)nc12. The molecule has 4 heteroatoms. The Morgan fingerprint density at radius 3 is 2.71 bits per heavy atom. The molecule has 1 aromatic heterocycles. The van der Waals surface area contributed by atoms with Gasteiger partial charge in [-0.2, -0.15) is 5.26 Å². The van der Waals surface area contributed by atoms with Crippen molar-refractivity contribution in [1.29, 1.82) is 5.26 Å². The van der Waals surface area contributed by atoms with Crippen molar-refractivity contribution in [2.75, 3.05) is 18.0 Å². The number of hydrogen-bond acceptors (Lipinski definition) is 3. The third kappa shape index (κ3) is 2.82. The van der Waals surface area contributed by atoms with E-state index in [0.717, 1.165) is 46.0 Å². The number of benzene rings is 1. The van der Waals surface area contributed by atoms with Crippen LogP contribution in [0.2, 0.25) is 5.02 Å². The smallest absolute Gasteiger partial charge is 0.133 e. The Hall–Kier alpha value is -1.79. The second-order valence-electron chi connectivity index (χ2n) is 5.65. The van der Waals surface area contributed by atoms with Gasteiger partial charge >= 0.3 is 0 Å². The Morgan fingerprint density at radius 2 is 2.00 bits per heavy atom. The molecule has 3 nitrogen and oxygen atoms in total. The van der Waals surface area contributed by atoms with Gasteiger partial charge in [-0.3, -0.25) is 0 Å². The Labute approximate surface area is 130 Å². The van der Waals surface area contributed by atoms with Crippen LogP contribution in [0.5, 0.6) is 0 Å². The molecule has 0 bridgehead atoms. The second kappa shape index (κ2) is 5.91. The average Bonchev–Trinajstić information content (AvgIpc) is 2.48. The lowest BCUT2D eigenvalue weighted by Gasteiger charge is -2.29. The molecule has 0 spiro atoms. The predicted molar refractivity (Wildman–Crippen MR) is 86.9 cm³/mol. The van der Waals surface area contributed by atoms with E-state index in [9.17, 15) is 0 Å². The van der Waals surface area contributed by atoms with Crippen molar-refractivity contribution < 1.29 is 0 Å². The van der Waals surface area contributed by atoms with Gasteiger partial charge in [-0.1, -0.05) is 11.6 Å². The van der Waals surface area contributed by atoms with Crippen molar-refractivity contribution in [3.63, 3.8) is 0 Å². The zero-order valence-corrected chi connectivity index (χ0v) is 13.0. The molecule has 108 valence electrons. The molecule has 1 fully saturated rings. The highest BCUT2D eigenvalue weighted by atomic mass is 35.5. The van der Waals surface area contributed by atoms with Gasteiger partial charge in [0.05, 0.1) is 18.0 Å². The van der Waals surface area contributed by atoms with Gasteiger partial charge in [-0.15, -0.1) is 0 Å². The van der Waals surface area contributed by atoms with Crippen molar-refractivity contribution in [2.24, 2.45) is 0 Å². The van der Waals surface area contributed by atoms with Gasteiger partial charge in [0.1, 0.15) is 5.82 Å². The van der Waals surface area contributed by atoms with Crippen LogP contribution in [-0.2, 0) is 6.42 Å². The summed E-state index contributed by atoms with van der Waals surface area (Å²) < 4.78 is 0. The molecule has 3 rings (SSSR count). The van der Waals surface area contributed by atoms with Crippen molar-refractivity contribution in [1.82, 2.24) is 4.98 Å². The van der Waals surface area contributed by atoms with E-state index < -0.39 is 0 Å². The fourth-order valence-corrected chi connectivity index (χ4v) is 3.33. The molecule has 2 aromatic rings. The summed E-state index contributed by atoms with van der Waals surface area (Å²) in [5, 5.41) is 10.8. The number of hydrogen-bond donors (Lipinski definition) is 0. The molecule has 0 amide bonds. The van der Waals surface area contributed by atoms with Crippen LogP contribution in [-0.4, -0.2) is 18.1 Å². The van der Waals surface area contributed by atoms with E-state index in [2.05, 4.69) is 17.0 Å². The molecule has 0 unspecified atom stereocenters. The minimum Gasteiger partial charge on any atom is -0.356 e. The topological polar surface area (TPSA) is 39.9 Å². The summed E-state index contributed by atoms with van der Waals surface area (Å²) in [4.78, 5) is 7.20. The standard InChI is InChI=1S/C17H18ClN3/c1-12-9-15(18)11-14-10-13(5-6-19)17(20-16(12)14)21-7-3-2-4-8-21/h9-11H,2-5,7-8H2,1H3. The highest BCUT2D eigenvalue weighted by molar-refractivity contribution is 6.31. The van der Waals surface area contributed by atoms with Crippen molar-refractivity contribution >= 4 is 28.3 Å². The monoisotopic (exact) mass is 299 g/mol. The first-order valence-electron chi connectivity index (χ1n) is 7.41. The average molecular weight is 300 g/mol. The first-order valence-corrected chi connectivity index (χ1v) is 7.78. The van der Waals surface area contributed by atoms with Gasteiger partial charge in [-0.25, -0.2) is 4.98 Å². The van der Waals surface area contributed by atoms with Gasteiger partial charge in [0.2, 0.25) is 0 Å². The summed E-state index contributed by atoms with van der Waals surface area (Å²) in [6.45, 7) is 4.10. The van der Waals surface area contributed by atoms with Gasteiger partial charge in [0, 0.05) is 29.1 Å². The van der Waals surface area contributed by atoms with E-state index in [1.54, 1.807) is 0 Å². The van der Waals surface area contributed by atoms with Gasteiger partial charge in [0.15, 0.2) is 0 Å². The number of aromatic nitrogens is 1. The van der Waals surface area contributed by atoms with Crippen LogP contribution in [0.4, 0.5) is 5.82 Å². The highest BCUT2D eigenvalue weighted by Crippen LogP contribution is 2.29. The lowest BCUT2D eigenvalue weighted by atomic mass is 10.0. The number of anilines is 1. The van der Waals surface area contributed by atoms with E-state index >= 15 is 0 Å². The number of rotatable bonds is 2. The number of pyridine rings is 1. The lowest BCUT2D eigenvalue weighted by molar-refractivity contribution is 0.573. The van der Waals surface area contributed by atoms with Crippen molar-refractivity contribution in [2.45, 2.75) is 32.6 Å². The normalized spacial score (nSPS) is 15.2. The first-order chi connectivity index (χ1) is 10.2. The van der Waals surface area contributed by atoms with E-state index in [4.69, 9.17) is 21.8 Å². The maximum absolute atomic E-state index is 9.10. The Morgan fingerprint density at radius 1 is 1.24 bits per heavy atom. The van der Waals surface area contributed by atoms with Gasteiger partial charge in [0.25, 0.3) is 0 Å². The fraction of sp³-hybridized carbons (Fsp3) is 0.412. The summed E-state index contributed by atoms with van der Waals surface area (Å²) in [7, 11) is 0. The Balaban J connectivity index is 2.16. The van der Waals surface area contributed by atoms with Gasteiger partial charge in [-0.05, 0) is 49.9 Å². The number of fused-ring (bicyclic) bond motifs is 1. The lowest BCUT2D eigenvalue weighted by Crippen LogP contribution is -2.31. The van der Waals surface area contributed by atoms with Crippen LogP contribution in [0.3, 0.4) is 0 Å². The summed E-state index contributed by atoms with van der Waals surface area (Å²) in [5.74, 6) is 0.981. The predicted octanol–water partition coefficient (Wildman–Crippen LogP) is 4.25. The molecule has 1 aliphatic heterocycles. The maximum Gasteiger partial charge on any atom is 0.133 e. The van der Waals surface area contributed by atoms with Crippen LogP contribution < -0.4 is 4.90 Å². The zero-order chi connectivity index (χ0) is 14.8. The van der Waals surface area contributed by atoms with Crippen LogP contribution in [0.25, 0.3) is 10.9 Å². The van der Waals surface area contributed by atoms with Gasteiger partial charge < -0.3 is 4.90 Å². The summed E-state index contributed by atoms with van der Waals surface area (Å²) in [6.07, 6.45) is 4.07. The number of nitriles is 1. The van der Waals surface area contributed by atoms with Crippen LogP contribution in [0, 0.1) is 18.3 Å². The third-order valence-electron chi connectivity index (χ3n) is 4.05. The minimum atomic E-state index is 0.389. The molecule has 0 aliphatic carbocycles. The molecule has 0 saturated carbocycles. The molecule has 2 heterocycles. The van der Waals surface area contributed by atoms with Crippen LogP contribution in [0.1, 0.15) is 30.4 Å². The molecule has 1 saturated heterocycles. The summed E-state index contributed by atoms with van der Waals surface area (Å²) in [5.41, 5.74) is 3.08.